The summed E-state index contributed by atoms with van der Waals surface area (Å²) in [5, 5.41) is 4.29. The van der Waals surface area contributed by atoms with Crippen molar-refractivity contribution in [3.05, 3.63) is 28.8 Å². The predicted molar refractivity (Wildman–Crippen MR) is 89.2 cm³/mol. The highest BCUT2D eigenvalue weighted by molar-refractivity contribution is 7.18. The molecule has 1 fully saturated rings. The van der Waals surface area contributed by atoms with Gasteiger partial charge in [-0.3, -0.25) is 4.90 Å². The molecule has 2 heterocycles. The molecular weight excluding hydrogens is 347 g/mol. The summed E-state index contributed by atoms with van der Waals surface area (Å²) in [6.45, 7) is 6.81. The monoisotopic (exact) mass is 365 g/mol. The van der Waals surface area contributed by atoms with E-state index in [2.05, 4.69) is 29.0 Å². The summed E-state index contributed by atoms with van der Waals surface area (Å²) in [5.74, 6) is 0. The molecule has 0 amide bonds. The Morgan fingerprint density at radius 2 is 2.09 bits per heavy atom. The quantitative estimate of drug-likeness (QED) is 0.874. The highest BCUT2D eigenvalue weighted by atomic mass is 35.5. The third kappa shape index (κ3) is 4.15. The van der Waals surface area contributed by atoms with Crippen LogP contribution in [0, 0.1) is 0 Å². The first kappa shape index (κ1) is 18.4. The van der Waals surface area contributed by atoms with Crippen molar-refractivity contribution in [3.8, 4) is 0 Å². The summed E-state index contributed by atoms with van der Waals surface area (Å²) in [4.78, 5) is 6.72. The average molecular weight is 366 g/mol. The van der Waals surface area contributed by atoms with Crippen LogP contribution in [0.1, 0.15) is 24.4 Å². The minimum Gasteiger partial charge on any atom is -0.311 e. The van der Waals surface area contributed by atoms with Crippen LogP contribution in [0.15, 0.2) is 18.2 Å². The first-order chi connectivity index (χ1) is 10.3. The summed E-state index contributed by atoms with van der Waals surface area (Å²) in [5.41, 5.74) is -0.202. The standard InChI is InChI=1S/C15H18F3N3S.ClH/c1-9-7-21(10(2)6-19-9)8-14-20-12-5-11(15(16,17)18)3-4-13(12)22-14;/h3-5,9-10,19H,6-8H2,1-2H3;1H. The minimum absolute atomic E-state index is 0. The molecule has 1 aromatic carbocycles. The molecule has 1 N–H and O–H groups in total. The lowest BCUT2D eigenvalue weighted by atomic mass is 10.1. The van der Waals surface area contributed by atoms with Crippen molar-refractivity contribution in [1.29, 1.82) is 0 Å². The van der Waals surface area contributed by atoms with E-state index in [1.165, 1.54) is 17.4 Å². The van der Waals surface area contributed by atoms with Crippen LogP contribution in [0.4, 0.5) is 13.2 Å². The largest absolute Gasteiger partial charge is 0.416 e. The van der Waals surface area contributed by atoms with Gasteiger partial charge in [-0.2, -0.15) is 13.2 Å². The van der Waals surface area contributed by atoms with Crippen LogP contribution >= 0.6 is 23.7 Å². The first-order valence-corrected chi connectivity index (χ1v) is 8.08. The van der Waals surface area contributed by atoms with Gasteiger partial charge in [0.2, 0.25) is 0 Å². The maximum absolute atomic E-state index is 12.8. The van der Waals surface area contributed by atoms with Gasteiger partial charge in [-0.25, -0.2) is 4.98 Å². The SMILES string of the molecule is CC1CN(Cc2nc3cc(C(F)(F)F)ccc3s2)C(C)CN1.Cl. The Balaban J connectivity index is 0.00000192. The van der Waals surface area contributed by atoms with Crippen molar-refractivity contribution in [1.82, 2.24) is 15.2 Å². The molecule has 1 aliphatic rings. The van der Waals surface area contributed by atoms with Crippen molar-refractivity contribution >= 4 is 34.0 Å². The van der Waals surface area contributed by atoms with E-state index in [1.807, 2.05) is 0 Å². The van der Waals surface area contributed by atoms with Gasteiger partial charge in [0.15, 0.2) is 0 Å². The molecule has 0 aliphatic carbocycles. The maximum Gasteiger partial charge on any atom is 0.416 e. The fourth-order valence-electron chi connectivity index (χ4n) is 2.71. The van der Waals surface area contributed by atoms with E-state index in [4.69, 9.17) is 0 Å². The molecule has 1 aliphatic heterocycles. The van der Waals surface area contributed by atoms with E-state index >= 15 is 0 Å². The summed E-state index contributed by atoms with van der Waals surface area (Å²) in [6, 6.07) is 4.60. The fraction of sp³-hybridized carbons (Fsp3) is 0.533. The number of aromatic nitrogens is 1. The van der Waals surface area contributed by atoms with E-state index in [9.17, 15) is 13.2 Å². The first-order valence-electron chi connectivity index (χ1n) is 7.27. The van der Waals surface area contributed by atoms with Crippen molar-refractivity contribution in [3.63, 3.8) is 0 Å². The van der Waals surface area contributed by atoms with Gasteiger partial charge in [0.1, 0.15) is 5.01 Å². The number of hydrogen-bond donors (Lipinski definition) is 1. The van der Waals surface area contributed by atoms with Crippen LogP contribution < -0.4 is 5.32 Å². The highest BCUT2D eigenvalue weighted by Gasteiger charge is 2.31. The minimum atomic E-state index is -4.32. The Morgan fingerprint density at radius 1 is 1.35 bits per heavy atom. The van der Waals surface area contributed by atoms with Gasteiger partial charge < -0.3 is 5.32 Å². The van der Waals surface area contributed by atoms with Gasteiger partial charge >= 0.3 is 6.18 Å². The van der Waals surface area contributed by atoms with Gasteiger partial charge in [-0.15, -0.1) is 23.7 Å². The number of rotatable bonds is 2. The number of alkyl halides is 3. The van der Waals surface area contributed by atoms with E-state index in [-0.39, 0.29) is 12.4 Å². The molecule has 128 valence electrons. The zero-order valence-electron chi connectivity index (χ0n) is 12.9. The molecule has 0 radical (unpaired) electrons. The van der Waals surface area contributed by atoms with Crippen LogP contribution in [-0.2, 0) is 12.7 Å². The Hall–Kier alpha value is -0.890. The summed E-state index contributed by atoms with van der Waals surface area (Å²) in [6.07, 6.45) is -4.32. The van der Waals surface area contributed by atoms with Gasteiger partial charge in [0, 0.05) is 25.2 Å². The van der Waals surface area contributed by atoms with E-state index in [0.29, 0.717) is 24.1 Å². The zero-order chi connectivity index (χ0) is 15.9. The third-order valence-electron chi connectivity index (χ3n) is 3.99. The number of hydrogen-bond acceptors (Lipinski definition) is 4. The molecule has 1 aromatic heterocycles. The lowest BCUT2D eigenvalue weighted by Gasteiger charge is -2.36. The molecule has 8 heteroatoms. The summed E-state index contributed by atoms with van der Waals surface area (Å²) in [7, 11) is 0. The molecule has 23 heavy (non-hydrogen) atoms. The van der Waals surface area contributed by atoms with Crippen LogP contribution in [-0.4, -0.2) is 35.1 Å². The Kier molecular flexibility index (Phi) is 5.56. The maximum atomic E-state index is 12.8. The average Bonchev–Trinajstić information content (AvgIpc) is 2.83. The van der Waals surface area contributed by atoms with Gasteiger partial charge in [-0.05, 0) is 32.0 Å². The van der Waals surface area contributed by atoms with E-state index in [1.54, 1.807) is 0 Å². The number of piperazine rings is 1. The second-order valence-electron chi connectivity index (χ2n) is 5.88. The van der Waals surface area contributed by atoms with Crippen molar-refractivity contribution in [2.24, 2.45) is 0 Å². The van der Waals surface area contributed by atoms with Crippen molar-refractivity contribution < 1.29 is 13.2 Å². The molecule has 2 unspecified atom stereocenters. The summed E-state index contributed by atoms with van der Waals surface area (Å²) >= 11 is 1.47. The molecule has 3 rings (SSSR count). The van der Waals surface area contributed by atoms with Gasteiger partial charge in [0.25, 0.3) is 0 Å². The molecule has 0 spiro atoms. The smallest absolute Gasteiger partial charge is 0.311 e. The Bertz CT molecular complexity index is 674. The lowest BCUT2D eigenvalue weighted by Crippen LogP contribution is -2.53. The molecule has 1 saturated heterocycles. The van der Waals surface area contributed by atoms with Crippen molar-refractivity contribution in [2.75, 3.05) is 13.1 Å². The molecule has 0 saturated carbocycles. The van der Waals surface area contributed by atoms with Crippen molar-refractivity contribution in [2.45, 2.75) is 38.7 Å². The van der Waals surface area contributed by atoms with Crippen LogP contribution in [0.3, 0.4) is 0 Å². The fourth-order valence-corrected chi connectivity index (χ4v) is 3.68. The highest BCUT2D eigenvalue weighted by Crippen LogP contribution is 2.33. The Labute approximate surface area is 143 Å². The zero-order valence-corrected chi connectivity index (χ0v) is 14.5. The number of benzene rings is 1. The van der Waals surface area contributed by atoms with Crippen LogP contribution in [0.2, 0.25) is 0 Å². The van der Waals surface area contributed by atoms with Gasteiger partial charge in [0.05, 0.1) is 22.3 Å². The Morgan fingerprint density at radius 3 is 2.78 bits per heavy atom. The molecule has 2 atom stereocenters. The second-order valence-corrected chi connectivity index (χ2v) is 6.99. The number of thiazole rings is 1. The number of nitrogens with one attached hydrogen (secondary N) is 1. The van der Waals surface area contributed by atoms with Gasteiger partial charge in [-0.1, -0.05) is 0 Å². The van der Waals surface area contributed by atoms with Crippen LogP contribution in [0.5, 0.6) is 0 Å². The number of fused-ring (bicyclic) bond motifs is 1. The number of halogens is 4. The molecule has 0 bridgehead atoms. The number of nitrogens with zero attached hydrogens (tertiary/aromatic N) is 2. The van der Waals surface area contributed by atoms with E-state index in [0.717, 1.165) is 34.9 Å². The van der Waals surface area contributed by atoms with E-state index < -0.39 is 11.7 Å². The summed E-state index contributed by atoms with van der Waals surface area (Å²) < 4.78 is 39.1. The normalized spacial score (nSPS) is 23.0. The second kappa shape index (κ2) is 6.93. The third-order valence-corrected chi connectivity index (χ3v) is 5.01. The lowest BCUT2D eigenvalue weighted by molar-refractivity contribution is -0.137. The van der Waals surface area contributed by atoms with Crippen LogP contribution in [0.25, 0.3) is 10.2 Å². The molecule has 3 nitrogen and oxygen atoms in total. The molecular formula is C15H19ClF3N3S. The molecule has 2 aromatic rings. The predicted octanol–water partition coefficient (Wildman–Crippen LogP) is 3.92. The topological polar surface area (TPSA) is 28.2 Å².